The number of urea groups is 1. The monoisotopic (exact) mass is 406 g/mol. The molecule has 1 aromatic heterocycles. The molecule has 2 aromatic carbocycles. The topological polar surface area (TPSA) is 80.5 Å². The Bertz CT molecular complexity index is 996. The van der Waals surface area contributed by atoms with Crippen LogP contribution in [0.15, 0.2) is 53.1 Å². The molecule has 2 heterocycles. The Labute approximate surface area is 176 Å². The third-order valence-corrected chi connectivity index (χ3v) is 5.42. The van der Waals surface area contributed by atoms with E-state index in [1.165, 1.54) is 5.56 Å². The van der Waals surface area contributed by atoms with Gasteiger partial charge in [0, 0.05) is 17.8 Å². The Morgan fingerprint density at radius 3 is 2.57 bits per heavy atom. The maximum atomic E-state index is 12.9. The highest BCUT2D eigenvalue weighted by molar-refractivity contribution is 5.89. The SMILES string of the molecule is COc1ccc(-c2noc(C3CCCN3C(=O)Nc3ccc(C(C)C)cc3)n2)cc1. The molecule has 7 nitrogen and oxygen atoms in total. The number of amides is 2. The Morgan fingerprint density at radius 1 is 1.17 bits per heavy atom. The second kappa shape index (κ2) is 8.57. The summed E-state index contributed by atoms with van der Waals surface area (Å²) in [6.45, 7) is 4.95. The van der Waals surface area contributed by atoms with E-state index in [0.717, 1.165) is 29.8 Å². The summed E-state index contributed by atoms with van der Waals surface area (Å²) in [6.07, 6.45) is 1.69. The first-order valence-corrected chi connectivity index (χ1v) is 10.2. The predicted octanol–water partition coefficient (Wildman–Crippen LogP) is 5.24. The molecule has 1 unspecified atom stereocenters. The summed E-state index contributed by atoms with van der Waals surface area (Å²) in [4.78, 5) is 19.2. The lowest BCUT2D eigenvalue weighted by molar-refractivity contribution is 0.193. The first-order chi connectivity index (χ1) is 14.5. The number of carbonyl (C=O) groups excluding carboxylic acids is 1. The van der Waals surface area contributed by atoms with E-state index in [-0.39, 0.29) is 12.1 Å². The van der Waals surface area contributed by atoms with Crippen molar-refractivity contribution in [3.63, 3.8) is 0 Å². The van der Waals surface area contributed by atoms with Gasteiger partial charge in [-0.2, -0.15) is 4.98 Å². The highest BCUT2D eigenvalue weighted by Gasteiger charge is 2.34. The molecule has 7 heteroatoms. The molecular weight excluding hydrogens is 380 g/mol. The van der Waals surface area contributed by atoms with Crippen molar-refractivity contribution in [2.75, 3.05) is 19.0 Å². The normalized spacial score (nSPS) is 16.1. The molecule has 1 saturated heterocycles. The van der Waals surface area contributed by atoms with Crippen molar-refractivity contribution in [3.05, 3.63) is 60.0 Å². The van der Waals surface area contributed by atoms with Crippen LogP contribution in [-0.4, -0.2) is 34.7 Å². The lowest BCUT2D eigenvalue weighted by Gasteiger charge is -2.22. The molecule has 30 heavy (non-hydrogen) atoms. The Hall–Kier alpha value is -3.35. The van der Waals surface area contributed by atoms with Gasteiger partial charge in [-0.25, -0.2) is 4.79 Å². The zero-order valence-electron chi connectivity index (χ0n) is 17.5. The standard InChI is InChI=1S/C23H26N4O3/c1-15(2)16-6-10-18(11-7-16)24-23(28)27-14-4-5-20(27)22-25-21(26-30-22)17-8-12-19(29-3)13-9-17/h6-13,15,20H,4-5,14H2,1-3H3,(H,24,28). The summed E-state index contributed by atoms with van der Waals surface area (Å²) in [5.41, 5.74) is 2.86. The Balaban J connectivity index is 1.46. The summed E-state index contributed by atoms with van der Waals surface area (Å²) in [5.74, 6) is 2.19. The average molecular weight is 406 g/mol. The van der Waals surface area contributed by atoms with E-state index in [2.05, 4.69) is 29.3 Å². The predicted molar refractivity (Wildman–Crippen MR) is 115 cm³/mol. The highest BCUT2D eigenvalue weighted by atomic mass is 16.5. The van der Waals surface area contributed by atoms with Crippen LogP contribution in [0.3, 0.4) is 0 Å². The smallest absolute Gasteiger partial charge is 0.322 e. The van der Waals surface area contributed by atoms with E-state index >= 15 is 0 Å². The van der Waals surface area contributed by atoms with Crippen LogP contribution in [-0.2, 0) is 0 Å². The zero-order chi connectivity index (χ0) is 21.1. The molecule has 1 fully saturated rings. The minimum absolute atomic E-state index is 0.154. The van der Waals surface area contributed by atoms with E-state index in [4.69, 9.17) is 9.26 Å². The van der Waals surface area contributed by atoms with Gasteiger partial charge in [0.05, 0.1) is 7.11 Å². The maximum absolute atomic E-state index is 12.9. The lowest BCUT2D eigenvalue weighted by atomic mass is 10.0. The Kier molecular flexibility index (Phi) is 5.70. The molecule has 0 spiro atoms. The van der Waals surface area contributed by atoms with Crippen molar-refractivity contribution in [1.82, 2.24) is 15.0 Å². The van der Waals surface area contributed by atoms with Gasteiger partial charge in [-0.05, 0) is 60.7 Å². The fourth-order valence-electron chi connectivity index (χ4n) is 3.64. The van der Waals surface area contributed by atoms with Crippen LogP contribution in [0.5, 0.6) is 5.75 Å². The van der Waals surface area contributed by atoms with Crippen molar-refractivity contribution in [3.8, 4) is 17.1 Å². The summed E-state index contributed by atoms with van der Waals surface area (Å²) in [6, 6.07) is 15.1. The number of nitrogens with zero attached hydrogens (tertiary/aromatic N) is 3. The molecule has 1 aliphatic heterocycles. The number of likely N-dealkylation sites (tertiary alicyclic amines) is 1. The van der Waals surface area contributed by atoms with Gasteiger partial charge in [0.1, 0.15) is 11.8 Å². The fraction of sp³-hybridized carbons (Fsp3) is 0.348. The van der Waals surface area contributed by atoms with E-state index in [9.17, 15) is 4.79 Å². The first kappa shape index (κ1) is 19.9. The van der Waals surface area contributed by atoms with Crippen LogP contribution in [0.1, 0.15) is 50.1 Å². The molecule has 1 aliphatic rings. The number of nitrogens with one attached hydrogen (secondary N) is 1. The summed E-state index contributed by atoms with van der Waals surface area (Å²) in [7, 11) is 1.62. The van der Waals surface area contributed by atoms with Crippen molar-refractivity contribution >= 4 is 11.7 Å². The number of aromatic nitrogens is 2. The quantitative estimate of drug-likeness (QED) is 0.627. The number of carbonyl (C=O) groups is 1. The number of methoxy groups -OCH3 is 1. The second-order valence-corrected chi connectivity index (χ2v) is 7.74. The molecular formula is C23H26N4O3. The minimum Gasteiger partial charge on any atom is -0.497 e. The summed E-state index contributed by atoms with van der Waals surface area (Å²) < 4.78 is 10.7. The zero-order valence-corrected chi connectivity index (χ0v) is 17.5. The molecule has 0 aliphatic carbocycles. The van der Waals surface area contributed by atoms with E-state index < -0.39 is 0 Å². The van der Waals surface area contributed by atoms with Crippen molar-refractivity contribution < 1.29 is 14.1 Å². The molecule has 0 bridgehead atoms. The third-order valence-electron chi connectivity index (χ3n) is 5.42. The summed E-state index contributed by atoms with van der Waals surface area (Å²) >= 11 is 0. The molecule has 3 aromatic rings. The molecule has 2 amide bonds. The molecule has 4 rings (SSSR count). The van der Waals surface area contributed by atoms with Crippen LogP contribution in [0.2, 0.25) is 0 Å². The first-order valence-electron chi connectivity index (χ1n) is 10.2. The molecule has 1 atom stereocenters. The van der Waals surface area contributed by atoms with Gasteiger partial charge in [0.2, 0.25) is 11.7 Å². The van der Waals surface area contributed by atoms with Crippen molar-refractivity contribution in [2.45, 2.75) is 38.6 Å². The number of hydrogen-bond acceptors (Lipinski definition) is 5. The van der Waals surface area contributed by atoms with Gasteiger partial charge in [0.15, 0.2) is 0 Å². The number of rotatable bonds is 5. The van der Waals surface area contributed by atoms with Crippen molar-refractivity contribution in [1.29, 1.82) is 0 Å². The lowest BCUT2D eigenvalue weighted by Crippen LogP contribution is -2.34. The van der Waals surface area contributed by atoms with Crippen LogP contribution < -0.4 is 10.1 Å². The van der Waals surface area contributed by atoms with Gasteiger partial charge in [-0.15, -0.1) is 0 Å². The Morgan fingerprint density at radius 2 is 1.90 bits per heavy atom. The number of ether oxygens (including phenoxy) is 1. The number of benzene rings is 2. The van der Waals surface area contributed by atoms with Crippen LogP contribution >= 0.6 is 0 Å². The van der Waals surface area contributed by atoms with E-state index in [1.54, 1.807) is 12.0 Å². The highest BCUT2D eigenvalue weighted by Crippen LogP contribution is 2.33. The number of anilines is 1. The fourth-order valence-corrected chi connectivity index (χ4v) is 3.64. The largest absolute Gasteiger partial charge is 0.497 e. The van der Waals surface area contributed by atoms with Crippen molar-refractivity contribution in [2.24, 2.45) is 0 Å². The van der Waals surface area contributed by atoms with E-state index in [0.29, 0.717) is 24.2 Å². The second-order valence-electron chi connectivity index (χ2n) is 7.74. The van der Waals surface area contributed by atoms with Crippen LogP contribution in [0.4, 0.5) is 10.5 Å². The van der Waals surface area contributed by atoms with Gasteiger partial charge in [-0.3, -0.25) is 0 Å². The van der Waals surface area contributed by atoms with E-state index in [1.807, 2.05) is 48.5 Å². The third kappa shape index (κ3) is 4.15. The maximum Gasteiger partial charge on any atom is 0.322 e. The average Bonchev–Trinajstić information content (AvgIpc) is 3.44. The van der Waals surface area contributed by atoms with Gasteiger partial charge < -0.3 is 19.5 Å². The van der Waals surface area contributed by atoms with Gasteiger partial charge in [0.25, 0.3) is 0 Å². The van der Waals surface area contributed by atoms with Gasteiger partial charge in [-0.1, -0.05) is 31.1 Å². The molecule has 0 radical (unpaired) electrons. The number of hydrogen-bond donors (Lipinski definition) is 1. The summed E-state index contributed by atoms with van der Waals surface area (Å²) in [5, 5.41) is 7.09. The minimum atomic E-state index is -0.223. The van der Waals surface area contributed by atoms with Gasteiger partial charge >= 0.3 is 6.03 Å². The molecule has 0 saturated carbocycles. The van der Waals surface area contributed by atoms with Crippen LogP contribution in [0, 0.1) is 0 Å². The van der Waals surface area contributed by atoms with Crippen LogP contribution in [0.25, 0.3) is 11.4 Å². The molecule has 1 N–H and O–H groups in total. The molecule has 156 valence electrons.